The Kier molecular flexibility index (Phi) is 9.55. The van der Waals surface area contributed by atoms with Crippen molar-refractivity contribution in [2.45, 2.75) is 86.2 Å². The number of hydrogen-bond acceptors (Lipinski definition) is 5. The Morgan fingerprint density at radius 1 is 0.725 bits per heavy atom. The third-order valence-electron chi connectivity index (χ3n) is 8.03. The molecule has 0 unspecified atom stereocenters. The van der Waals surface area contributed by atoms with Crippen LogP contribution < -0.4 is 9.80 Å². The zero-order valence-corrected chi connectivity index (χ0v) is 25.6. The first-order chi connectivity index (χ1) is 19.3. The maximum atomic E-state index is 13.5. The number of aryl methyl sites for hydroxylation is 3. The first-order valence-corrected chi connectivity index (χ1v) is 15.3. The molecule has 0 bridgehead atoms. The Bertz CT molecular complexity index is 1250. The molecule has 5 nitrogen and oxygen atoms in total. The molecule has 0 atom stereocenters. The Morgan fingerprint density at radius 3 is 1.60 bits per heavy atom. The van der Waals surface area contributed by atoms with Crippen LogP contribution in [0.2, 0.25) is 0 Å². The van der Waals surface area contributed by atoms with E-state index in [1.807, 2.05) is 12.3 Å². The van der Waals surface area contributed by atoms with E-state index in [0.717, 1.165) is 86.1 Å². The van der Waals surface area contributed by atoms with Gasteiger partial charge in [0, 0.05) is 54.9 Å². The van der Waals surface area contributed by atoms with Gasteiger partial charge in [-0.1, -0.05) is 46.8 Å². The van der Waals surface area contributed by atoms with Gasteiger partial charge in [-0.2, -0.15) is 0 Å². The van der Waals surface area contributed by atoms with Crippen LogP contribution in [0.1, 0.15) is 104 Å². The minimum Gasteiger partial charge on any atom is -0.439 e. The van der Waals surface area contributed by atoms with Crippen molar-refractivity contribution in [3.8, 4) is 0 Å². The van der Waals surface area contributed by atoms with Crippen LogP contribution in [-0.2, 0) is 16.8 Å². The summed E-state index contributed by atoms with van der Waals surface area (Å²) in [5.74, 6) is -0.304. The molecule has 0 amide bonds. The number of carbonyl (C=O) groups excluding carboxylic acids is 1. The number of ether oxygens (including phenoxy) is 1. The molecule has 214 valence electrons. The molecule has 40 heavy (non-hydrogen) atoms. The van der Waals surface area contributed by atoms with Gasteiger partial charge in [-0.05, 0) is 93.0 Å². The first kappa shape index (κ1) is 29.6. The van der Waals surface area contributed by atoms with Crippen LogP contribution in [0.25, 0.3) is 0 Å². The van der Waals surface area contributed by atoms with Crippen LogP contribution in [0.15, 0.2) is 48.7 Å². The van der Waals surface area contributed by atoms with Crippen LogP contribution >= 0.6 is 0 Å². The maximum absolute atomic E-state index is 13.5. The number of hydrogen-bond donors (Lipinski definition) is 0. The second-order valence-corrected chi connectivity index (χ2v) is 11.1. The second-order valence-electron chi connectivity index (χ2n) is 11.1. The third kappa shape index (κ3) is 5.48. The summed E-state index contributed by atoms with van der Waals surface area (Å²) in [7, 11) is 0. The topological polar surface area (TPSA) is 45.7 Å². The fourth-order valence-corrected chi connectivity index (χ4v) is 6.19. The van der Waals surface area contributed by atoms with Gasteiger partial charge in [-0.15, -0.1) is 0 Å². The SMILES string of the molecule is CCCN(CCC)c1ccc(C2(c3ccc(N(CCC)CCC)cc3C)OC(=O)c3cc(CC)cnc32)c(C)c1. The van der Waals surface area contributed by atoms with Gasteiger partial charge in [0.2, 0.25) is 5.60 Å². The van der Waals surface area contributed by atoms with Crippen molar-refractivity contribution >= 4 is 17.3 Å². The third-order valence-corrected chi connectivity index (χ3v) is 8.03. The van der Waals surface area contributed by atoms with Gasteiger partial charge in [0.1, 0.15) is 5.69 Å². The summed E-state index contributed by atoms with van der Waals surface area (Å²) in [6.07, 6.45) is 7.10. The molecule has 0 saturated heterocycles. The van der Waals surface area contributed by atoms with Crippen molar-refractivity contribution in [1.29, 1.82) is 0 Å². The molecule has 2 heterocycles. The molecular formula is C35H47N3O2. The lowest BCUT2D eigenvalue weighted by Crippen LogP contribution is -2.33. The van der Waals surface area contributed by atoms with Gasteiger partial charge < -0.3 is 14.5 Å². The van der Waals surface area contributed by atoms with Crippen molar-refractivity contribution in [3.63, 3.8) is 0 Å². The van der Waals surface area contributed by atoms with E-state index in [1.54, 1.807) is 0 Å². The smallest absolute Gasteiger partial charge is 0.341 e. The Balaban J connectivity index is 1.93. The fourth-order valence-electron chi connectivity index (χ4n) is 6.19. The number of cyclic esters (lactones) is 1. The van der Waals surface area contributed by atoms with Crippen molar-refractivity contribution in [2.24, 2.45) is 0 Å². The highest BCUT2D eigenvalue weighted by atomic mass is 16.6. The molecule has 0 spiro atoms. The largest absolute Gasteiger partial charge is 0.439 e. The number of rotatable bonds is 13. The number of nitrogens with zero attached hydrogens (tertiary/aromatic N) is 3. The van der Waals surface area contributed by atoms with E-state index in [0.29, 0.717) is 11.3 Å². The molecule has 1 aliphatic heterocycles. The fraction of sp³-hybridized carbons (Fsp3) is 0.486. The van der Waals surface area contributed by atoms with Crippen LogP contribution in [0.5, 0.6) is 0 Å². The number of benzene rings is 2. The summed E-state index contributed by atoms with van der Waals surface area (Å²) >= 11 is 0. The molecule has 3 aromatic rings. The van der Waals surface area contributed by atoms with E-state index in [-0.39, 0.29) is 5.97 Å². The second kappa shape index (κ2) is 12.9. The molecule has 0 aliphatic carbocycles. The van der Waals surface area contributed by atoms with Crippen molar-refractivity contribution in [1.82, 2.24) is 4.98 Å². The van der Waals surface area contributed by atoms with E-state index in [9.17, 15) is 4.79 Å². The number of anilines is 2. The monoisotopic (exact) mass is 541 g/mol. The highest BCUT2D eigenvalue weighted by molar-refractivity contribution is 5.96. The average Bonchev–Trinajstić information content (AvgIpc) is 3.24. The van der Waals surface area contributed by atoms with Gasteiger partial charge in [-0.3, -0.25) is 4.98 Å². The number of carbonyl (C=O) groups is 1. The van der Waals surface area contributed by atoms with Gasteiger partial charge in [0.05, 0.1) is 5.56 Å². The van der Waals surface area contributed by atoms with Gasteiger partial charge in [-0.25, -0.2) is 4.79 Å². The normalized spacial score (nSPS) is 13.7. The van der Waals surface area contributed by atoms with E-state index in [4.69, 9.17) is 9.72 Å². The van der Waals surface area contributed by atoms with Crippen molar-refractivity contribution < 1.29 is 9.53 Å². The van der Waals surface area contributed by atoms with Crippen LogP contribution in [0.3, 0.4) is 0 Å². The molecule has 4 rings (SSSR count). The van der Waals surface area contributed by atoms with E-state index < -0.39 is 5.60 Å². The zero-order valence-electron chi connectivity index (χ0n) is 25.6. The quantitative estimate of drug-likeness (QED) is 0.205. The summed E-state index contributed by atoms with van der Waals surface area (Å²) in [5.41, 5.74) is 7.77. The zero-order chi connectivity index (χ0) is 28.9. The molecular weight excluding hydrogens is 494 g/mol. The predicted molar refractivity (Wildman–Crippen MR) is 167 cm³/mol. The van der Waals surface area contributed by atoms with Gasteiger partial charge in [0.25, 0.3) is 0 Å². The summed E-state index contributed by atoms with van der Waals surface area (Å²) in [5, 5.41) is 0. The lowest BCUT2D eigenvalue weighted by atomic mass is 9.78. The number of pyridine rings is 1. The summed E-state index contributed by atoms with van der Waals surface area (Å²) in [6, 6.07) is 15.2. The Morgan fingerprint density at radius 2 is 1.20 bits per heavy atom. The highest BCUT2D eigenvalue weighted by Crippen LogP contribution is 2.49. The molecule has 0 N–H and O–H groups in total. The Labute approximate surface area is 241 Å². The van der Waals surface area contributed by atoms with Crippen molar-refractivity contribution in [3.05, 3.63) is 87.7 Å². The predicted octanol–water partition coefficient (Wildman–Crippen LogP) is 7.98. The van der Waals surface area contributed by atoms with Crippen LogP contribution in [0.4, 0.5) is 11.4 Å². The van der Waals surface area contributed by atoms with Crippen LogP contribution in [-0.4, -0.2) is 37.1 Å². The van der Waals surface area contributed by atoms with Gasteiger partial charge in [0.15, 0.2) is 0 Å². The van der Waals surface area contributed by atoms with Gasteiger partial charge >= 0.3 is 5.97 Å². The average molecular weight is 542 g/mol. The van der Waals surface area contributed by atoms with E-state index in [1.165, 1.54) is 11.4 Å². The highest BCUT2D eigenvalue weighted by Gasteiger charge is 2.51. The maximum Gasteiger partial charge on any atom is 0.341 e. The first-order valence-electron chi connectivity index (χ1n) is 15.3. The minimum atomic E-state index is -1.09. The van der Waals surface area contributed by atoms with E-state index in [2.05, 4.69) is 94.7 Å². The molecule has 1 aliphatic rings. The lowest BCUT2D eigenvalue weighted by molar-refractivity contribution is 0.0240. The van der Waals surface area contributed by atoms with Crippen LogP contribution in [0, 0.1) is 13.8 Å². The number of fused-ring (bicyclic) bond motifs is 1. The van der Waals surface area contributed by atoms with E-state index >= 15 is 0 Å². The number of aromatic nitrogens is 1. The Hall–Kier alpha value is -3.34. The molecule has 0 fully saturated rings. The molecule has 5 heteroatoms. The molecule has 0 saturated carbocycles. The molecule has 0 radical (unpaired) electrons. The minimum absolute atomic E-state index is 0.304. The molecule has 1 aromatic heterocycles. The molecule has 2 aromatic carbocycles. The lowest BCUT2D eigenvalue weighted by Gasteiger charge is -2.34. The summed E-state index contributed by atoms with van der Waals surface area (Å²) in [6.45, 7) is 19.3. The summed E-state index contributed by atoms with van der Waals surface area (Å²) in [4.78, 5) is 23.4. The number of esters is 1. The van der Waals surface area contributed by atoms with Crippen molar-refractivity contribution in [2.75, 3.05) is 36.0 Å². The summed E-state index contributed by atoms with van der Waals surface area (Å²) < 4.78 is 6.51. The standard InChI is InChI=1S/C35H47N3O2/c1-8-17-37(18-9-2)28-13-15-31(25(6)21-28)35(33-30(34(39)40-35)23-27(12-5)24-36-33)32-16-14-29(22-26(32)7)38(19-10-3)20-11-4/h13-16,21-24H,8-12,17-20H2,1-7H3.